The highest BCUT2D eigenvalue weighted by atomic mass is 16.3. The second-order valence-electron chi connectivity index (χ2n) is 14.5. The van der Waals surface area contributed by atoms with E-state index in [1.54, 1.807) is 0 Å². The van der Waals surface area contributed by atoms with Crippen LogP contribution in [0.1, 0.15) is 0 Å². The van der Waals surface area contributed by atoms with Crippen molar-refractivity contribution in [2.45, 2.75) is 0 Å². The van der Waals surface area contributed by atoms with E-state index in [0.717, 1.165) is 105 Å². The number of nitrogens with zero attached hydrogens (tertiary/aromatic N) is 4. The van der Waals surface area contributed by atoms with E-state index in [-0.39, 0.29) is 0 Å². The Morgan fingerprint density at radius 3 is 1.53 bits per heavy atom. The predicted molar refractivity (Wildman–Crippen MR) is 234 cm³/mol. The van der Waals surface area contributed by atoms with Crippen molar-refractivity contribution in [1.29, 1.82) is 0 Å². The lowest BCUT2D eigenvalue weighted by Crippen LogP contribution is -2.00. The van der Waals surface area contributed by atoms with E-state index in [0.29, 0.717) is 17.5 Å². The fraction of sp³-hybridized carbons (Fsp3) is 0. The van der Waals surface area contributed by atoms with E-state index in [1.165, 1.54) is 0 Å². The second-order valence-corrected chi connectivity index (χ2v) is 14.5. The molecule has 270 valence electrons. The Morgan fingerprint density at radius 2 is 0.776 bits per heavy atom. The molecule has 0 atom stereocenters. The molecule has 0 saturated heterocycles. The molecule has 0 aliphatic rings. The van der Waals surface area contributed by atoms with Crippen LogP contribution < -0.4 is 0 Å². The minimum Gasteiger partial charge on any atom is -0.455 e. The molecule has 0 N–H and O–H groups in total. The zero-order valence-electron chi connectivity index (χ0n) is 30.9. The van der Waals surface area contributed by atoms with Gasteiger partial charge in [-0.2, -0.15) is 0 Å². The molecule has 58 heavy (non-hydrogen) atoms. The molecule has 0 aliphatic carbocycles. The zero-order valence-corrected chi connectivity index (χ0v) is 30.9. The average Bonchev–Trinajstić information content (AvgIpc) is 3.87. The van der Waals surface area contributed by atoms with E-state index in [2.05, 4.69) is 103 Å². The maximum Gasteiger partial charge on any atom is 0.167 e. The van der Waals surface area contributed by atoms with E-state index >= 15 is 0 Å². The minimum atomic E-state index is 0.557. The van der Waals surface area contributed by atoms with E-state index in [1.807, 2.05) is 78.9 Å². The normalized spacial score (nSPS) is 11.8. The van der Waals surface area contributed by atoms with Gasteiger partial charge in [0, 0.05) is 43.6 Å². The van der Waals surface area contributed by atoms with Gasteiger partial charge in [-0.15, -0.1) is 0 Å². The van der Waals surface area contributed by atoms with E-state index < -0.39 is 0 Å². The number of furan rings is 2. The molecule has 0 radical (unpaired) electrons. The molecule has 12 aromatic rings. The van der Waals surface area contributed by atoms with E-state index in [9.17, 15) is 0 Å². The van der Waals surface area contributed by atoms with Gasteiger partial charge in [0.1, 0.15) is 22.3 Å². The summed E-state index contributed by atoms with van der Waals surface area (Å²) in [6, 6.07) is 62.3. The number of benzene rings is 8. The summed E-state index contributed by atoms with van der Waals surface area (Å²) < 4.78 is 12.8. The molecule has 6 heteroatoms. The summed E-state index contributed by atoms with van der Waals surface area (Å²) in [5.41, 5.74) is 11.0. The van der Waals surface area contributed by atoms with Crippen LogP contribution in [-0.4, -0.2) is 19.9 Å². The number of para-hydroxylation sites is 3. The third-order valence-electron chi connectivity index (χ3n) is 11.2. The van der Waals surface area contributed by atoms with Crippen LogP contribution in [0.4, 0.5) is 0 Å². The first-order valence-electron chi connectivity index (χ1n) is 19.3. The zero-order chi connectivity index (χ0) is 38.2. The Labute approximate surface area is 331 Å². The molecule has 6 nitrogen and oxygen atoms in total. The summed E-state index contributed by atoms with van der Waals surface area (Å²) in [4.78, 5) is 20.4. The first-order chi connectivity index (χ1) is 28.7. The molecule has 8 aromatic carbocycles. The number of fused-ring (bicyclic) bond motifs is 9. The predicted octanol–water partition coefficient (Wildman–Crippen LogP) is 13.7. The van der Waals surface area contributed by atoms with Crippen molar-refractivity contribution in [1.82, 2.24) is 19.9 Å². The molecule has 0 spiro atoms. The maximum absolute atomic E-state index is 6.41. The monoisotopic (exact) mass is 742 g/mol. The number of hydrogen-bond acceptors (Lipinski definition) is 6. The highest BCUT2D eigenvalue weighted by molar-refractivity contribution is 6.18. The summed E-state index contributed by atoms with van der Waals surface area (Å²) >= 11 is 0. The molecule has 0 saturated carbocycles. The Kier molecular flexibility index (Phi) is 7.13. The lowest BCUT2D eigenvalue weighted by molar-refractivity contribution is 0.669. The number of rotatable bonds is 5. The van der Waals surface area contributed by atoms with Crippen molar-refractivity contribution in [2.75, 3.05) is 0 Å². The summed E-state index contributed by atoms with van der Waals surface area (Å²) in [6.07, 6.45) is 0. The first-order valence-corrected chi connectivity index (χ1v) is 19.3. The van der Waals surface area contributed by atoms with Gasteiger partial charge in [0.15, 0.2) is 23.1 Å². The third kappa shape index (κ3) is 5.05. The van der Waals surface area contributed by atoms with Crippen LogP contribution in [0.25, 0.3) is 122 Å². The van der Waals surface area contributed by atoms with Gasteiger partial charge in [-0.1, -0.05) is 158 Å². The third-order valence-corrected chi connectivity index (χ3v) is 11.2. The van der Waals surface area contributed by atoms with Gasteiger partial charge in [-0.3, -0.25) is 0 Å². The standard InChI is InChI=1S/C52H30N4O2/c1-2-13-32(14-3-1)50-54-51(56-52(55-50)43-22-12-21-40-37-17-8-10-23-44(37)57-48(40)43)33-27-25-31(26-28-33)34-29-30-39(36-16-5-4-15-35(34)36)46-38-18-6-7-19-41(38)49-47(53-46)42-20-9-11-24-45(42)58-49/h1-30H. The Morgan fingerprint density at radius 1 is 0.276 bits per heavy atom. The fourth-order valence-corrected chi connectivity index (χ4v) is 8.41. The molecule has 0 unspecified atom stereocenters. The molecule has 0 bridgehead atoms. The average molecular weight is 743 g/mol. The molecular formula is C52H30N4O2. The maximum atomic E-state index is 6.41. The Bertz CT molecular complexity index is 3570. The highest BCUT2D eigenvalue weighted by Crippen LogP contribution is 2.42. The molecule has 4 aromatic heterocycles. The number of hydrogen-bond donors (Lipinski definition) is 0. The van der Waals surface area contributed by atoms with Crippen LogP contribution in [0.5, 0.6) is 0 Å². The SMILES string of the molecule is c1ccc(-c2nc(-c3ccc(-c4ccc(-c5nc6c7ccccc7oc6c6ccccc56)c5ccccc45)cc3)nc(-c3cccc4c3oc3ccccc34)n2)cc1. The number of pyridine rings is 1. The van der Waals surface area contributed by atoms with Crippen molar-refractivity contribution >= 4 is 65.6 Å². The molecule has 12 rings (SSSR count). The van der Waals surface area contributed by atoms with Gasteiger partial charge in [0.2, 0.25) is 0 Å². The largest absolute Gasteiger partial charge is 0.455 e. The first kappa shape index (κ1) is 32.3. The summed E-state index contributed by atoms with van der Waals surface area (Å²) in [5, 5.41) is 7.47. The Balaban J connectivity index is 0.983. The van der Waals surface area contributed by atoms with Gasteiger partial charge in [-0.25, -0.2) is 19.9 Å². The smallest absolute Gasteiger partial charge is 0.167 e. The van der Waals surface area contributed by atoms with Gasteiger partial charge < -0.3 is 8.83 Å². The van der Waals surface area contributed by atoms with Gasteiger partial charge in [0.25, 0.3) is 0 Å². The Hall–Kier alpha value is -7.96. The summed E-state index contributed by atoms with van der Waals surface area (Å²) in [6.45, 7) is 0. The molecule has 0 fully saturated rings. The van der Waals surface area contributed by atoms with Crippen LogP contribution in [0.2, 0.25) is 0 Å². The van der Waals surface area contributed by atoms with Crippen molar-refractivity contribution in [3.8, 4) is 56.5 Å². The molecule has 0 aliphatic heterocycles. The van der Waals surface area contributed by atoms with Crippen LogP contribution in [-0.2, 0) is 0 Å². The van der Waals surface area contributed by atoms with Crippen molar-refractivity contribution in [2.24, 2.45) is 0 Å². The van der Waals surface area contributed by atoms with Crippen molar-refractivity contribution in [3.05, 3.63) is 182 Å². The van der Waals surface area contributed by atoms with E-state index in [4.69, 9.17) is 28.8 Å². The van der Waals surface area contributed by atoms with Gasteiger partial charge in [-0.05, 0) is 46.2 Å². The lowest BCUT2D eigenvalue weighted by atomic mass is 9.92. The van der Waals surface area contributed by atoms with Gasteiger partial charge in [0.05, 0.1) is 11.3 Å². The quantitative estimate of drug-likeness (QED) is 0.175. The summed E-state index contributed by atoms with van der Waals surface area (Å²) in [7, 11) is 0. The fourth-order valence-electron chi connectivity index (χ4n) is 8.41. The minimum absolute atomic E-state index is 0.557. The highest BCUT2D eigenvalue weighted by Gasteiger charge is 2.20. The van der Waals surface area contributed by atoms with Crippen molar-refractivity contribution < 1.29 is 8.83 Å². The van der Waals surface area contributed by atoms with Crippen molar-refractivity contribution in [3.63, 3.8) is 0 Å². The van der Waals surface area contributed by atoms with Crippen LogP contribution in [0.15, 0.2) is 191 Å². The molecular weight excluding hydrogens is 713 g/mol. The van der Waals surface area contributed by atoms with Crippen LogP contribution in [0, 0.1) is 0 Å². The molecule has 0 amide bonds. The van der Waals surface area contributed by atoms with Crippen LogP contribution in [0.3, 0.4) is 0 Å². The van der Waals surface area contributed by atoms with Gasteiger partial charge >= 0.3 is 0 Å². The topological polar surface area (TPSA) is 77.8 Å². The lowest BCUT2D eigenvalue weighted by Gasteiger charge is -2.14. The second kappa shape index (κ2) is 12.8. The molecule has 4 heterocycles. The summed E-state index contributed by atoms with van der Waals surface area (Å²) in [5.74, 6) is 1.74. The van der Waals surface area contributed by atoms with Crippen LogP contribution >= 0.6 is 0 Å². The number of aromatic nitrogens is 4.